The van der Waals surface area contributed by atoms with E-state index in [9.17, 15) is 0 Å². The molecule has 0 bridgehead atoms. The van der Waals surface area contributed by atoms with E-state index in [1.54, 1.807) is 6.26 Å². The maximum absolute atomic E-state index is 5.93. The molecule has 0 spiro atoms. The molecule has 21 heavy (non-hydrogen) atoms. The molecule has 0 atom stereocenters. The summed E-state index contributed by atoms with van der Waals surface area (Å²) in [4.78, 5) is 0. The second-order valence-corrected chi connectivity index (χ2v) is 6.66. The molecule has 0 radical (unpaired) electrons. The summed E-state index contributed by atoms with van der Waals surface area (Å²) in [6.07, 6.45) is 1.77. The number of nitrogens with one attached hydrogen (secondary N) is 1. The molecular weight excluding hydrogens is 286 g/mol. The van der Waals surface area contributed by atoms with Gasteiger partial charge in [0.05, 0.1) is 6.26 Å². The fraction of sp³-hybridized carbons (Fsp3) is 0.412. The van der Waals surface area contributed by atoms with Crippen LogP contribution in [0.15, 0.2) is 34.9 Å². The van der Waals surface area contributed by atoms with Gasteiger partial charge in [-0.2, -0.15) is 0 Å². The minimum Gasteiger partial charge on any atom is -0.485 e. The summed E-state index contributed by atoms with van der Waals surface area (Å²) < 4.78 is 11.3. The van der Waals surface area contributed by atoms with Gasteiger partial charge >= 0.3 is 0 Å². The molecule has 0 saturated heterocycles. The standard InChI is InChI=1S/C17H22ClNO2/c1-12-7-14(18)5-6-16(12)21-11-15-8-13(10-20-15)9-19-17(2,3)4/h5-8,10,19H,9,11H2,1-4H3. The lowest BCUT2D eigenvalue weighted by Crippen LogP contribution is -2.34. The van der Waals surface area contributed by atoms with Crippen LogP contribution in [-0.4, -0.2) is 5.54 Å². The van der Waals surface area contributed by atoms with Crippen LogP contribution in [0.1, 0.15) is 37.7 Å². The minimum atomic E-state index is 0.0916. The number of rotatable bonds is 5. The zero-order valence-electron chi connectivity index (χ0n) is 13.0. The van der Waals surface area contributed by atoms with Gasteiger partial charge in [-0.3, -0.25) is 0 Å². The largest absolute Gasteiger partial charge is 0.485 e. The molecule has 3 nitrogen and oxygen atoms in total. The Kier molecular flexibility index (Phi) is 4.96. The molecule has 0 saturated carbocycles. The van der Waals surface area contributed by atoms with Crippen LogP contribution in [0.2, 0.25) is 5.02 Å². The summed E-state index contributed by atoms with van der Waals surface area (Å²) in [5.74, 6) is 1.64. The van der Waals surface area contributed by atoms with E-state index in [0.29, 0.717) is 11.6 Å². The van der Waals surface area contributed by atoms with Gasteiger partial charge in [0.2, 0.25) is 0 Å². The minimum absolute atomic E-state index is 0.0916. The Morgan fingerprint density at radius 1 is 1.24 bits per heavy atom. The van der Waals surface area contributed by atoms with Crippen LogP contribution < -0.4 is 10.1 Å². The van der Waals surface area contributed by atoms with E-state index in [-0.39, 0.29) is 5.54 Å². The number of benzene rings is 1. The van der Waals surface area contributed by atoms with Crippen molar-refractivity contribution in [3.63, 3.8) is 0 Å². The highest BCUT2D eigenvalue weighted by atomic mass is 35.5. The summed E-state index contributed by atoms with van der Waals surface area (Å²) in [6.45, 7) is 9.59. The molecule has 0 fully saturated rings. The quantitative estimate of drug-likeness (QED) is 0.868. The van der Waals surface area contributed by atoms with E-state index in [4.69, 9.17) is 20.8 Å². The fourth-order valence-electron chi connectivity index (χ4n) is 1.89. The smallest absolute Gasteiger partial charge is 0.146 e. The highest BCUT2D eigenvalue weighted by Gasteiger charge is 2.10. The van der Waals surface area contributed by atoms with Crippen LogP contribution in [0.3, 0.4) is 0 Å². The SMILES string of the molecule is Cc1cc(Cl)ccc1OCc1cc(CNC(C)(C)C)co1. The molecule has 0 aliphatic carbocycles. The molecule has 114 valence electrons. The zero-order valence-corrected chi connectivity index (χ0v) is 13.8. The zero-order chi connectivity index (χ0) is 15.5. The van der Waals surface area contributed by atoms with Gasteiger partial charge in [0, 0.05) is 22.7 Å². The average Bonchev–Trinajstić information content (AvgIpc) is 2.82. The van der Waals surface area contributed by atoms with Crippen molar-refractivity contribution in [3.8, 4) is 5.75 Å². The Bertz CT molecular complexity index is 599. The Balaban J connectivity index is 1.90. The third-order valence-electron chi connectivity index (χ3n) is 3.04. The van der Waals surface area contributed by atoms with Crippen LogP contribution >= 0.6 is 11.6 Å². The molecule has 0 aliphatic heterocycles. The van der Waals surface area contributed by atoms with Crippen LogP contribution in [0.5, 0.6) is 5.75 Å². The van der Waals surface area contributed by atoms with Crippen molar-refractivity contribution in [1.82, 2.24) is 5.32 Å². The van der Waals surface area contributed by atoms with E-state index in [0.717, 1.165) is 29.2 Å². The Labute approximate surface area is 131 Å². The van der Waals surface area contributed by atoms with Gasteiger partial charge in [-0.25, -0.2) is 0 Å². The molecular formula is C17H22ClNO2. The van der Waals surface area contributed by atoms with Gasteiger partial charge in [-0.15, -0.1) is 0 Å². The van der Waals surface area contributed by atoms with Gasteiger partial charge in [-0.1, -0.05) is 11.6 Å². The van der Waals surface area contributed by atoms with E-state index >= 15 is 0 Å². The van der Waals surface area contributed by atoms with E-state index in [1.807, 2.05) is 31.2 Å². The third kappa shape index (κ3) is 5.10. The van der Waals surface area contributed by atoms with Gasteiger partial charge in [0.25, 0.3) is 0 Å². The van der Waals surface area contributed by atoms with Crippen molar-refractivity contribution in [3.05, 3.63) is 52.4 Å². The van der Waals surface area contributed by atoms with E-state index in [2.05, 4.69) is 26.1 Å². The maximum Gasteiger partial charge on any atom is 0.146 e. The molecule has 1 aromatic carbocycles. The maximum atomic E-state index is 5.93. The van der Waals surface area contributed by atoms with Gasteiger partial charge in [0.1, 0.15) is 18.1 Å². The predicted octanol–water partition coefficient (Wildman–Crippen LogP) is 4.71. The third-order valence-corrected chi connectivity index (χ3v) is 3.27. The Morgan fingerprint density at radius 3 is 2.67 bits per heavy atom. The van der Waals surface area contributed by atoms with E-state index in [1.165, 1.54) is 0 Å². The van der Waals surface area contributed by atoms with Crippen LogP contribution in [-0.2, 0) is 13.2 Å². The fourth-order valence-corrected chi connectivity index (χ4v) is 2.11. The summed E-state index contributed by atoms with van der Waals surface area (Å²) in [7, 11) is 0. The summed E-state index contributed by atoms with van der Waals surface area (Å²) in [5, 5.41) is 4.14. The first-order valence-corrected chi connectivity index (χ1v) is 7.41. The molecule has 1 heterocycles. The molecule has 1 aromatic heterocycles. The molecule has 0 amide bonds. The molecule has 0 aliphatic rings. The molecule has 0 unspecified atom stereocenters. The highest BCUT2D eigenvalue weighted by Crippen LogP contribution is 2.23. The molecule has 1 N–H and O–H groups in total. The first kappa shape index (κ1) is 15.9. The first-order chi connectivity index (χ1) is 9.83. The van der Waals surface area contributed by atoms with Crippen molar-refractivity contribution >= 4 is 11.6 Å². The number of hydrogen-bond donors (Lipinski definition) is 1. The Morgan fingerprint density at radius 2 is 2.00 bits per heavy atom. The summed E-state index contributed by atoms with van der Waals surface area (Å²) in [6, 6.07) is 7.61. The van der Waals surface area contributed by atoms with Crippen molar-refractivity contribution in [2.75, 3.05) is 0 Å². The lowest BCUT2D eigenvalue weighted by Gasteiger charge is -2.19. The van der Waals surface area contributed by atoms with E-state index < -0.39 is 0 Å². The normalized spacial score (nSPS) is 11.7. The number of ether oxygens (including phenoxy) is 1. The average molecular weight is 308 g/mol. The van der Waals surface area contributed by atoms with Gasteiger partial charge < -0.3 is 14.5 Å². The van der Waals surface area contributed by atoms with Gasteiger partial charge in [0.15, 0.2) is 0 Å². The first-order valence-electron chi connectivity index (χ1n) is 7.04. The number of aryl methyl sites for hydroxylation is 1. The second-order valence-electron chi connectivity index (χ2n) is 6.22. The topological polar surface area (TPSA) is 34.4 Å². The number of halogens is 1. The summed E-state index contributed by atoms with van der Waals surface area (Å²) in [5.41, 5.74) is 2.23. The molecule has 4 heteroatoms. The number of hydrogen-bond acceptors (Lipinski definition) is 3. The lowest BCUT2D eigenvalue weighted by atomic mass is 10.1. The second kappa shape index (κ2) is 6.54. The Hall–Kier alpha value is -1.45. The van der Waals surface area contributed by atoms with Gasteiger partial charge in [-0.05, 0) is 57.5 Å². The van der Waals surface area contributed by atoms with Crippen LogP contribution in [0.4, 0.5) is 0 Å². The van der Waals surface area contributed by atoms with Crippen LogP contribution in [0, 0.1) is 6.92 Å². The van der Waals surface area contributed by atoms with Crippen molar-refractivity contribution in [1.29, 1.82) is 0 Å². The predicted molar refractivity (Wildman–Crippen MR) is 85.8 cm³/mol. The monoisotopic (exact) mass is 307 g/mol. The molecule has 2 aromatic rings. The highest BCUT2D eigenvalue weighted by molar-refractivity contribution is 6.30. The summed E-state index contributed by atoms with van der Waals surface area (Å²) >= 11 is 5.93. The number of furan rings is 1. The lowest BCUT2D eigenvalue weighted by molar-refractivity contribution is 0.268. The van der Waals surface area contributed by atoms with Crippen molar-refractivity contribution in [2.45, 2.75) is 46.4 Å². The van der Waals surface area contributed by atoms with Crippen LogP contribution in [0.25, 0.3) is 0 Å². The van der Waals surface area contributed by atoms with Crippen molar-refractivity contribution in [2.24, 2.45) is 0 Å². The molecule has 2 rings (SSSR count). The van der Waals surface area contributed by atoms with Crippen molar-refractivity contribution < 1.29 is 9.15 Å².